The van der Waals surface area contributed by atoms with Crippen LogP contribution in [0.1, 0.15) is 40.0 Å². The van der Waals surface area contributed by atoms with Gasteiger partial charge in [-0.2, -0.15) is 0 Å². The average molecular weight is 341 g/mol. The third-order valence-corrected chi connectivity index (χ3v) is 9.67. The molecule has 0 aliphatic heterocycles. The molecule has 0 saturated carbocycles. The Morgan fingerprint density at radius 3 is 1.83 bits per heavy atom. The van der Waals surface area contributed by atoms with Crippen LogP contribution >= 0.6 is 0 Å². The van der Waals surface area contributed by atoms with Crippen molar-refractivity contribution in [3.05, 3.63) is 60.7 Å². The molecule has 0 spiro atoms. The summed E-state index contributed by atoms with van der Waals surface area (Å²) in [5.74, 6) is 0.309. The van der Waals surface area contributed by atoms with Gasteiger partial charge in [0, 0.05) is 6.42 Å². The monoisotopic (exact) mass is 340 g/mol. The van der Waals surface area contributed by atoms with Gasteiger partial charge in [-0.25, -0.2) is 0 Å². The lowest BCUT2D eigenvalue weighted by Gasteiger charge is -2.43. The highest BCUT2D eigenvalue weighted by Crippen LogP contribution is 2.42. The molecule has 0 unspecified atom stereocenters. The molecule has 1 atom stereocenters. The van der Waals surface area contributed by atoms with E-state index >= 15 is 0 Å². The Bertz CT molecular complexity index is 598. The van der Waals surface area contributed by atoms with E-state index in [1.807, 2.05) is 60.7 Å². The highest BCUT2D eigenvalue weighted by Gasteiger charge is 2.50. The minimum atomic E-state index is -2.95. The number of rotatable bonds is 8. The van der Waals surface area contributed by atoms with Gasteiger partial charge in [-0.1, -0.05) is 87.9 Å². The number of carbonyl (C=O) groups is 1. The zero-order valence-corrected chi connectivity index (χ0v) is 15.9. The molecule has 2 rings (SSSR count). The van der Waals surface area contributed by atoms with E-state index < -0.39 is 8.32 Å². The quantitative estimate of drug-likeness (QED) is 0.590. The Labute approximate surface area is 146 Å². The van der Waals surface area contributed by atoms with Crippen LogP contribution in [0.25, 0.3) is 0 Å². The van der Waals surface area contributed by atoms with Crippen molar-refractivity contribution in [3.8, 4) is 0 Å². The van der Waals surface area contributed by atoms with Crippen LogP contribution in [0.3, 0.4) is 0 Å². The van der Waals surface area contributed by atoms with Gasteiger partial charge in [0.15, 0.2) is 0 Å². The van der Waals surface area contributed by atoms with E-state index in [1.165, 1.54) is 0 Å². The summed E-state index contributed by atoms with van der Waals surface area (Å²) >= 11 is 0. The normalized spacial score (nSPS) is 13.5. The number of carbonyl (C=O) groups excluding carboxylic acids is 1. The van der Waals surface area contributed by atoms with Gasteiger partial charge in [0.05, 0.1) is 0 Å². The molecule has 0 fully saturated rings. The molecule has 0 aromatic heterocycles. The predicted octanol–water partition coefficient (Wildman–Crippen LogP) is 3.52. The third-order valence-electron chi connectivity index (χ3n) is 5.17. The lowest BCUT2D eigenvalue weighted by Crippen LogP contribution is -2.65. The van der Waals surface area contributed by atoms with Crippen molar-refractivity contribution in [2.75, 3.05) is 0 Å². The summed E-state index contributed by atoms with van der Waals surface area (Å²) in [6, 6.07) is 20.1. The molecular formula is C21H28O2Si. The molecule has 1 N–H and O–H groups in total. The minimum Gasteiger partial charge on any atom is -0.424 e. The second-order valence-corrected chi connectivity index (χ2v) is 11.1. The fourth-order valence-electron chi connectivity index (χ4n) is 3.71. The van der Waals surface area contributed by atoms with E-state index in [2.05, 4.69) is 20.8 Å². The maximum atomic E-state index is 12.0. The first-order valence-electron chi connectivity index (χ1n) is 8.72. The highest BCUT2D eigenvalue weighted by molar-refractivity contribution is 6.98. The second-order valence-electron chi connectivity index (χ2n) is 7.21. The van der Waals surface area contributed by atoms with Gasteiger partial charge in [0.2, 0.25) is 0 Å². The Hall–Kier alpha value is -1.71. The van der Waals surface area contributed by atoms with Gasteiger partial charge in [-0.05, 0) is 27.8 Å². The van der Waals surface area contributed by atoms with Gasteiger partial charge in [0.1, 0.15) is 6.29 Å². The van der Waals surface area contributed by atoms with Gasteiger partial charge in [0.25, 0.3) is 8.32 Å². The first-order valence-corrected chi connectivity index (χ1v) is 10.7. The smallest absolute Gasteiger partial charge is 0.258 e. The van der Waals surface area contributed by atoms with Crippen LogP contribution in [0.4, 0.5) is 0 Å². The average Bonchev–Trinajstić information content (AvgIpc) is 2.61. The maximum Gasteiger partial charge on any atom is 0.258 e. The van der Waals surface area contributed by atoms with Crippen LogP contribution in [0.15, 0.2) is 60.7 Å². The first-order chi connectivity index (χ1) is 11.5. The summed E-state index contributed by atoms with van der Waals surface area (Å²) in [7, 11) is -2.95. The molecule has 24 heavy (non-hydrogen) atoms. The molecule has 2 aromatic rings. The summed E-state index contributed by atoms with van der Waals surface area (Å²) in [5, 5.41) is 1.78. The summed E-state index contributed by atoms with van der Waals surface area (Å²) < 4.78 is 0. The zero-order chi connectivity index (χ0) is 17.6. The van der Waals surface area contributed by atoms with Gasteiger partial charge in [-0.15, -0.1) is 0 Å². The fourth-order valence-corrected chi connectivity index (χ4v) is 7.54. The lowest BCUT2D eigenvalue weighted by molar-refractivity contribution is -0.108. The summed E-state index contributed by atoms with van der Waals surface area (Å²) in [6.45, 7) is 6.44. The number of hydrogen-bond acceptors (Lipinski definition) is 2. The van der Waals surface area contributed by atoms with E-state index in [9.17, 15) is 9.59 Å². The van der Waals surface area contributed by atoms with E-state index in [0.29, 0.717) is 12.3 Å². The topological polar surface area (TPSA) is 37.3 Å². The number of hydrogen-bond donors (Lipinski definition) is 1. The van der Waals surface area contributed by atoms with Crippen LogP contribution in [-0.2, 0) is 4.79 Å². The van der Waals surface area contributed by atoms with Crippen LogP contribution in [-0.4, -0.2) is 19.4 Å². The lowest BCUT2D eigenvalue weighted by atomic mass is 9.92. The summed E-state index contributed by atoms with van der Waals surface area (Å²) in [6.07, 6.45) is 3.37. The molecule has 0 saturated heterocycles. The Balaban J connectivity index is 2.52. The van der Waals surface area contributed by atoms with Crippen LogP contribution in [0.2, 0.25) is 5.04 Å². The Morgan fingerprint density at radius 1 is 1.00 bits per heavy atom. The minimum absolute atomic E-state index is 0.278. The molecular weight excluding hydrogens is 312 g/mol. The van der Waals surface area contributed by atoms with E-state index in [4.69, 9.17) is 0 Å². The molecule has 0 aliphatic rings. The van der Waals surface area contributed by atoms with E-state index in [0.717, 1.165) is 29.5 Å². The van der Waals surface area contributed by atoms with Crippen molar-refractivity contribution in [2.45, 2.75) is 45.1 Å². The largest absolute Gasteiger partial charge is 0.424 e. The van der Waals surface area contributed by atoms with Crippen LogP contribution < -0.4 is 10.4 Å². The fraction of sp³-hybridized carbons (Fsp3) is 0.381. The van der Waals surface area contributed by atoms with E-state index in [-0.39, 0.29) is 5.04 Å². The predicted molar refractivity (Wildman–Crippen MR) is 103 cm³/mol. The van der Waals surface area contributed by atoms with Crippen molar-refractivity contribution >= 4 is 25.0 Å². The molecule has 0 amide bonds. The van der Waals surface area contributed by atoms with Gasteiger partial charge in [-0.3, -0.25) is 0 Å². The Morgan fingerprint density at radius 2 is 1.46 bits per heavy atom. The van der Waals surface area contributed by atoms with Gasteiger partial charge >= 0.3 is 0 Å². The molecule has 3 heteroatoms. The van der Waals surface area contributed by atoms with Crippen molar-refractivity contribution in [3.63, 3.8) is 0 Å². The maximum absolute atomic E-state index is 12.0. The van der Waals surface area contributed by atoms with Crippen molar-refractivity contribution in [1.29, 1.82) is 0 Å². The first kappa shape index (κ1) is 18.6. The zero-order valence-electron chi connectivity index (χ0n) is 14.9. The summed E-state index contributed by atoms with van der Waals surface area (Å²) in [5.41, 5.74) is 0. The van der Waals surface area contributed by atoms with E-state index in [1.54, 1.807) is 0 Å². The SMILES string of the molecule is CC[C@@H](CC=O)CC(C)(C)[Si](O)(c1ccccc1)c1ccccc1. The molecule has 0 heterocycles. The van der Waals surface area contributed by atoms with Crippen LogP contribution in [0.5, 0.6) is 0 Å². The summed E-state index contributed by atoms with van der Waals surface area (Å²) in [4.78, 5) is 23.0. The number of benzene rings is 2. The molecule has 0 bridgehead atoms. The Kier molecular flexibility index (Phi) is 6.14. The molecule has 2 aromatic carbocycles. The molecule has 128 valence electrons. The molecule has 0 radical (unpaired) electrons. The van der Waals surface area contributed by atoms with Crippen LogP contribution in [0, 0.1) is 5.92 Å². The van der Waals surface area contributed by atoms with Crippen molar-refractivity contribution < 1.29 is 9.59 Å². The second kappa shape index (κ2) is 7.91. The van der Waals surface area contributed by atoms with Crippen molar-refractivity contribution in [2.24, 2.45) is 5.92 Å². The van der Waals surface area contributed by atoms with Crippen molar-refractivity contribution in [1.82, 2.24) is 0 Å². The van der Waals surface area contributed by atoms with Gasteiger partial charge < -0.3 is 9.59 Å². The standard InChI is InChI=1S/C21H28O2Si/c1-4-18(15-16-22)17-21(2,3)24(23,19-11-7-5-8-12-19)20-13-9-6-10-14-20/h5-14,16,18,23H,4,15,17H2,1-3H3/t18-/m0/s1. The number of aldehydes is 1. The molecule has 2 nitrogen and oxygen atoms in total. The molecule has 0 aliphatic carbocycles. The third kappa shape index (κ3) is 3.68. The highest BCUT2D eigenvalue weighted by atomic mass is 28.4.